The van der Waals surface area contributed by atoms with Crippen molar-refractivity contribution in [1.29, 1.82) is 0 Å². The smallest absolute Gasteiger partial charge is 0.408 e. The van der Waals surface area contributed by atoms with Crippen LogP contribution in [0.15, 0.2) is 12.5 Å². The van der Waals surface area contributed by atoms with Gasteiger partial charge in [-0.1, -0.05) is 0 Å². The van der Waals surface area contributed by atoms with Crippen LogP contribution < -0.4 is 5.32 Å². The fourth-order valence-electron chi connectivity index (χ4n) is 2.56. The minimum Gasteiger partial charge on any atom is -0.444 e. The first-order valence-corrected chi connectivity index (χ1v) is 7.23. The van der Waals surface area contributed by atoms with Crippen LogP contribution in [0.2, 0.25) is 0 Å². The topological polar surface area (TPSA) is 56.1 Å². The molecule has 0 aromatic carbocycles. The van der Waals surface area contributed by atoms with Gasteiger partial charge >= 0.3 is 6.09 Å². The first-order chi connectivity index (χ1) is 9.21. The number of aromatic nitrogens is 2. The molecule has 1 amide bonds. The number of nitrogens with one attached hydrogen (secondary N) is 1. The van der Waals surface area contributed by atoms with Crippen LogP contribution in [0.1, 0.15) is 65.6 Å². The first kappa shape index (κ1) is 14.9. The fourth-order valence-corrected chi connectivity index (χ4v) is 2.56. The molecule has 1 aliphatic carbocycles. The van der Waals surface area contributed by atoms with E-state index in [1.54, 1.807) is 0 Å². The Morgan fingerprint density at radius 1 is 1.50 bits per heavy atom. The van der Waals surface area contributed by atoms with Crippen LogP contribution in [0, 0.1) is 0 Å². The van der Waals surface area contributed by atoms with Crippen molar-refractivity contribution in [3.63, 3.8) is 0 Å². The highest BCUT2D eigenvalue weighted by atomic mass is 16.6. The standard InChI is InChI=1S/C15H25N3O2/c1-11(17-13(19)20-14(2,3)4)12-9-16-10-18(12)15(5)7-6-8-15/h9-11H,6-8H2,1-5H3,(H,17,19)/t11-/m1/s1. The zero-order valence-electron chi connectivity index (χ0n) is 13.1. The van der Waals surface area contributed by atoms with Gasteiger partial charge in [0.15, 0.2) is 0 Å². The summed E-state index contributed by atoms with van der Waals surface area (Å²) >= 11 is 0. The molecular formula is C15H25N3O2. The van der Waals surface area contributed by atoms with Gasteiger partial charge in [-0.05, 0) is 53.9 Å². The summed E-state index contributed by atoms with van der Waals surface area (Å²) < 4.78 is 7.49. The molecule has 1 aromatic heterocycles. The molecule has 5 nitrogen and oxygen atoms in total. The molecule has 1 aliphatic rings. The second-order valence-electron chi connectivity index (χ2n) is 6.91. The monoisotopic (exact) mass is 279 g/mol. The number of rotatable bonds is 3. The van der Waals surface area contributed by atoms with Crippen molar-refractivity contribution >= 4 is 6.09 Å². The number of alkyl carbamates (subject to hydrolysis) is 1. The molecule has 0 radical (unpaired) electrons. The van der Waals surface area contributed by atoms with Crippen LogP contribution in [0.3, 0.4) is 0 Å². The summed E-state index contributed by atoms with van der Waals surface area (Å²) in [4.78, 5) is 16.1. The highest BCUT2D eigenvalue weighted by Gasteiger charge is 2.35. The SMILES string of the molecule is C[C@@H](NC(=O)OC(C)(C)C)c1cncn1C1(C)CCC1. The molecular weight excluding hydrogens is 254 g/mol. The zero-order valence-corrected chi connectivity index (χ0v) is 13.1. The lowest BCUT2D eigenvalue weighted by Crippen LogP contribution is -2.40. The van der Waals surface area contributed by atoms with Crippen molar-refractivity contribution in [3.05, 3.63) is 18.2 Å². The van der Waals surface area contributed by atoms with Crippen molar-refractivity contribution < 1.29 is 9.53 Å². The van der Waals surface area contributed by atoms with E-state index in [0.717, 1.165) is 18.5 Å². The molecule has 0 aliphatic heterocycles. The fraction of sp³-hybridized carbons (Fsp3) is 0.733. The number of hydrogen-bond acceptors (Lipinski definition) is 3. The Bertz CT molecular complexity index is 484. The number of nitrogens with zero attached hydrogens (tertiary/aromatic N) is 2. The van der Waals surface area contributed by atoms with Crippen molar-refractivity contribution in [2.24, 2.45) is 0 Å². The van der Waals surface area contributed by atoms with E-state index in [0.29, 0.717) is 0 Å². The molecule has 1 aromatic rings. The third-order valence-electron chi connectivity index (χ3n) is 3.86. The van der Waals surface area contributed by atoms with Gasteiger partial charge < -0.3 is 14.6 Å². The lowest BCUT2D eigenvalue weighted by molar-refractivity contribution is 0.0502. The summed E-state index contributed by atoms with van der Waals surface area (Å²) in [5.41, 5.74) is 0.692. The number of hydrogen-bond donors (Lipinski definition) is 1. The number of imidazole rings is 1. The molecule has 20 heavy (non-hydrogen) atoms. The van der Waals surface area contributed by atoms with Gasteiger partial charge in [0.1, 0.15) is 5.60 Å². The maximum absolute atomic E-state index is 11.8. The van der Waals surface area contributed by atoms with Gasteiger partial charge in [-0.3, -0.25) is 0 Å². The maximum Gasteiger partial charge on any atom is 0.408 e. The highest BCUT2D eigenvalue weighted by molar-refractivity contribution is 5.68. The minimum absolute atomic E-state index is 0.121. The predicted molar refractivity (Wildman–Crippen MR) is 77.5 cm³/mol. The second kappa shape index (κ2) is 5.11. The number of carbonyl (C=O) groups excluding carboxylic acids is 1. The Balaban J connectivity index is 2.05. The van der Waals surface area contributed by atoms with Gasteiger partial charge in [0, 0.05) is 5.54 Å². The summed E-state index contributed by atoms with van der Waals surface area (Å²) in [5, 5.41) is 2.88. The predicted octanol–water partition coefficient (Wildman–Crippen LogP) is 3.37. The average Bonchev–Trinajstić information content (AvgIpc) is 2.71. The average molecular weight is 279 g/mol. The van der Waals surface area contributed by atoms with Crippen molar-refractivity contribution in [3.8, 4) is 0 Å². The van der Waals surface area contributed by atoms with Crippen LogP contribution >= 0.6 is 0 Å². The minimum atomic E-state index is -0.482. The van der Waals surface area contributed by atoms with E-state index in [4.69, 9.17) is 4.74 Å². The van der Waals surface area contributed by atoms with Crippen molar-refractivity contribution in [2.75, 3.05) is 0 Å². The second-order valence-corrected chi connectivity index (χ2v) is 6.91. The summed E-state index contributed by atoms with van der Waals surface area (Å²) in [6.07, 6.45) is 6.87. The van der Waals surface area contributed by atoms with Gasteiger partial charge in [0.2, 0.25) is 0 Å². The van der Waals surface area contributed by atoms with Crippen molar-refractivity contribution in [2.45, 2.75) is 71.1 Å². The third-order valence-corrected chi connectivity index (χ3v) is 3.86. The zero-order chi connectivity index (χ0) is 15.0. The first-order valence-electron chi connectivity index (χ1n) is 7.23. The molecule has 0 spiro atoms. The van der Waals surface area contributed by atoms with Gasteiger partial charge in [0.05, 0.1) is 24.3 Å². The quantitative estimate of drug-likeness (QED) is 0.923. The van der Waals surface area contributed by atoms with Crippen LogP contribution in [-0.2, 0) is 10.3 Å². The van der Waals surface area contributed by atoms with E-state index < -0.39 is 11.7 Å². The molecule has 1 fully saturated rings. The molecule has 1 heterocycles. The van der Waals surface area contributed by atoms with E-state index in [9.17, 15) is 4.79 Å². The van der Waals surface area contributed by atoms with E-state index in [2.05, 4.69) is 21.8 Å². The molecule has 0 saturated heterocycles. The van der Waals surface area contributed by atoms with Crippen molar-refractivity contribution in [1.82, 2.24) is 14.9 Å². The normalized spacial score (nSPS) is 19.1. The number of amides is 1. The Morgan fingerprint density at radius 2 is 2.15 bits per heavy atom. The molecule has 2 rings (SSSR count). The molecule has 0 unspecified atom stereocenters. The Hall–Kier alpha value is -1.52. The Labute approximate surface area is 120 Å². The van der Waals surface area contributed by atoms with Crippen LogP contribution in [0.5, 0.6) is 0 Å². The van der Waals surface area contributed by atoms with Gasteiger partial charge in [-0.15, -0.1) is 0 Å². The summed E-state index contributed by atoms with van der Waals surface area (Å²) in [6, 6.07) is -0.121. The van der Waals surface area contributed by atoms with Gasteiger partial charge in [-0.25, -0.2) is 9.78 Å². The largest absolute Gasteiger partial charge is 0.444 e. The van der Waals surface area contributed by atoms with Crippen LogP contribution in [0.25, 0.3) is 0 Å². The molecule has 1 atom stereocenters. The Morgan fingerprint density at radius 3 is 2.65 bits per heavy atom. The number of carbonyl (C=O) groups is 1. The van der Waals surface area contributed by atoms with E-state index >= 15 is 0 Å². The molecule has 1 N–H and O–H groups in total. The molecule has 5 heteroatoms. The molecule has 1 saturated carbocycles. The van der Waals surface area contributed by atoms with Crippen LogP contribution in [0.4, 0.5) is 4.79 Å². The van der Waals surface area contributed by atoms with Gasteiger partial charge in [-0.2, -0.15) is 0 Å². The molecule has 112 valence electrons. The van der Waals surface area contributed by atoms with Gasteiger partial charge in [0.25, 0.3) is 0 Å². The van der Waals surface area contributed by atoms with E-state index in [-0.39, 0.29) is 11.6 Å². The van der Waals surface area contributed by atoms with E-state index in [1.807, 2.05) is 40.2 Å². The Kier molecular flexibility index (Phi) is 3.80. The lowest BCUT2D eigenvalue weighted by Gasteiger charge is -2.41. The van der Waals surface area contributed by atoms with E-state index in [1.165, 1.54) is 6.42 Å². The molecule has 0 bridgehead atoms. The summed E-state index contributed by atoms with van der Waals surface area (Å²) in [7, 11) is 0. The third kappa shape index (κ3) is 3.14. The number of ether oxygens (including phenoxy) is 1. The highest BCUT2D eigenvalue weighted by Crippen LogP contribution is 2.40. The summed E-state index contributed by atoms with van der Waals surface area (Å²) in [6.45, 7) is 9.77. The summed E-state index contributed by atoms with van der Waals surface area (Å²) in [5.74, 6) is 0. The van der Waals surface area contributed by atoms with Crippen LogP contribution in [-0.4, -0.2) is 21.2 Å². The lowest BCUT2D eigenvalue weighted by atomic mass is 9.78. The maximum atomic E-state index is 11.8.